The number of pyridine rings is 1. The van der Waals surface area contributed by atoms with E-state index >= 15 is 0 Å². The lowest BCUT2D eigenvalue weighted by Crippen LogP contribution is -2.40. The Morgan fingerprint density at radius 1 is 1.16 bits per heavy atom. The smallest absolute Gasteiger partial charge is 0.148 e. The standard InChI is InChI=1S/C20H29N5/c1-16(2)25-13-3-4-18(15-25)14-19-5-6-20(24-23-19)22-12-9-17-7-10-21-11-8-17/h5-8,10-11,16,18H,3-4,9,12-15H2,1-2H3,(H,22,24). The highest BCUT2D eigenvalue weighted by Crippen LogP contribution is 2.21. The summed E-state index contributed by atoms with van der Waals surface area (Å²) in [5.74, 6) is 1.56. The second kappa shape index (κ2) is 8.90. The van der Waals surface area contributed by atoms with Crippen LogP contribution in [0.4, 0.5) is 5.82 Å². The van der Waals surface area contributed by atoms with Crippen LogP contribution in [0, 0.1) is 5.92 Å². The molecule has 5 nitrogen and oxygen atoms in total. The summed E-state index contributed by atoms with van der Waals surface area (Å²) < 4.78 is 0. The van der Waals surface area contributed by atoms with Gasteiger partial charge < -0.3 is 10.2 Å². The fourth-order valence-electron chi connectivity index (χ4n) is 3.48. The molecule has 0 spiro atoms. The highest BCUT2D eigenvalue weighted by atomic mass is 15.2. The monoisotopic (exact) mass is 339 g/mol. The molecule has 0 bridgehead atoms. The Kier molecular flexibility index (Phi) is 6.34. The van der Waals surface area contributed by atoms with E-state index in [1.807, 2.05) is 24.5 Å². The summed E-state index contributed by atoms with van der Waals surface area (Å²) in [5, 5.41) is 12.1. The lowest BCUT2D eigenvalue weighted by atomic mass is 9.92. The van der Waals surface area contributed by atoms with Gasteiger partial charge in [-0.25, -0.2) is 0 Å². The van der Waals surface area contributed by atoms with E-state index in [4.69, 9.17) is 0 Å². The second-order valence-corrected chi connectivity index (χ2v) is 7.24. The number of nitrogens with one attached hydrogen (secondary N) is 1. The van der Waals surface area contributed by atoms with Crippen molar-refractivity contribution >= 4 is 5.82 Å². The molecule has 1 aliphatic heterocycles. The third-order valence-electron chi connectivity index (χ3n) is 4.97. The Morgan fingerprint density at radius 2 is 2.00 bits per heavy atom. The number of piperidine rings is 1. The minimum atomic E-state index is 0.640. The molecular weight excluding hydrogens is 310 g/mol. The summed E-state index contributed by atoms with van der Waals surface area (Å²) >= 11 is 0. The van der Waals surface area contributed by atoms with Crippen molar-refractivity contribution in [3.63, 3.8) is 0 Å². The number of likely N-dealkylation sites (tertiary alicyclic amines) is 1. The van der Waals surface area contributed by atoms with E-state index in [9.17, 15) is 0 Å². The van der Waals surface area contributed by atoms with Crippen molar-refractivity contribution in [3.8, 4) is 0 Å². The Labute approximate surface area is 150 Å². The maximum Gasteiger partial charge on any atom is 0.148 e. The number of anilines is 1. The van der Waals surface area contributed by atoms with Gasteiger partial charge in [-0.05, 0) is 81.8 Å². The second-order valence-electron chi connectivity index (χ2n) is 7.24. The SMILES string of the molecule is CC(C)N1CCCC(Cc2ccc(NCCc3ccncc3)nn2)C1. The summed E-state index contributed by atoms with van der Waals surface area (Å²) in [6.45, 7) is 7.85. The number of rotatable bonds is 7. The van der Waals surface area contributed by atoms with Crippen LogP contribution in [-0.4, -0.2) is 45.8 Å². The molecule has 0 aliphatic carbocycles. The van der Waals surface area contributed by atoms with E-state index in [1.54, 1.807) is 0 Å². The molecule has 1 N–H and O–H groups in total. The Hall–Kier alpha value is -2.01. The number of hydrogen-bond acceptors (Lipinski definition) is 5. The summed E-state index contributed by atoms with van der Waals surface area (Å²) in [6, 6.07) is 8.90. The Balaban J connectivity index is 1.45. The maximum atomic E-state index is 4.43. The minimum Gasteiger partial charge on any atom is -0.368 e. The lowest BCUT2D eigenvalue weighted by molar-refractivity contribution is 0.139. The van der Waals surface area contributed by atoms with Gasteiger partial charge >= 0.3 is 0 Å². The van der Waals surface area contributed by atoms with E-state index in [-0.39, 0.29) is 0 Å². The molecule has 0 aromatic carbocycles. The van der Waals surface area contributed by atoms with Gasteiger partial charge in [0.15, 0.2) is 0 Å². The van der Waals surface area contributed by atoms with Crippen LogP contribution >= 0.6 is 0 Å². The van der Waals surface area contributed by atoms with Crippen molar-refractivity contribution in [2.45, 2.75) is 45.6 Å². The van der Waals surface area contributed by atoms with E-state index in [0.717, 1.165) is 30.9 Å². The molecular formula is C20H29N5. The van der Waals surface area contributed by atoms with Gasteiger partial charge in [0.2, 0.25) is 0 Å². The normalized spacial score (nSPS) is 18.4. The molecule has 2 aromatic heterocycles. The van der Waals surface area contributed by atoms with Crippen LogP contribution in [0.25, 0.3) is 0 Å². The lowest BCUT2D eigenvalue weighted by Gasteiger charge is -2.35. The van der Waals surface area contributed by atoms with Crippen LogP contribution in [0.3, 0.4) is 0 Å². The first kappa shape index (κ1) is 17.8. The molecule has 0 saturated carbocycles. The molecule has 3 heterocycles. The average molecular weight is 339 g/mol. The molecule has 1 fully saturated rings. The van der Waals surface area contributed by atoms with Gasteiger partial charge in [0.25, 0.3) is 0 Å². The number of aromatic nitrogens is 3. The Bertz CT molecular complexity index is 626. The average Bonchev–Trinajstić information content (AvgIpc) is 2.64. The molecule has 0 amide bonds. The number of hydrogen-bond donors (Lipinski definition) is 1. The van der Waals surface area contributed by atoms with Crippen LogP contribution in [0.2, 0.25) is 0 Å². The van der Waals surface area contributed by atoms with Crippen LogP contribution in [0.15, 0.2) is 36.7 Å². The van der Waals surface area contributed by atoms with E-state index < -0.39 is 0 Å². The molecule has 1 unspecified atom stereocenters. The first-order chi connectivity index (χ1) is 12.2. The third kappa shape index (κ3) is 5.49. The quantitative estimate of drug-likeness (QED) is 0.839. The van der Waals surface area contributed by atoms with Gasteiger partial charge in [-0.2, -0.15) is 5.10 Å². The van der Waals surface area contributed by atoms with Crippen LogP contribution in [0.5, 0.6) is 0 Å². The molecule has 3 rings (SSSR count). The summed E-state index contributed by atoms with van der Waals surface area (Å²) in [7, 11) is 0. The molecule has 1 atom stereocenters. The van der Waals surface area contributed by atoms with Gasteiger partial charge in [-0.1, -0.05) is 0 Å². The minimum absolute atomic E-state index is 0.640. The highest BCUT2D eigenvalue weighted by Gasteiger charge is 2.22. The molecule has 134 valence electrons. The van der Waals surface area contributed by atoms with Crippen molar-refractivity contribution < 1.29 is 0 Å². The first-order valence-electron chi connectivity index (χ1n) is 9.40. The summed E-state index contributed by atoms with van der Waals surface area (Å²) in [6.07, 6.45) is 8.25. The largest absolute Gasteiger partial charge is 0.368 e. The van der Waals surface area contributed by atoms with Crippen molar-refractivity contribution in [1.29, 1.82) is 0 Å². The predicted octanol–water partition coefficient (Wildman–Crippen LogP) is 3.19. The van der Waals surface area contributed by atoms with Crippen molar-refractivity contribution in [1.82, 2.24) is 20.1 Å². The highest BCUT2D eigenvalue weighted by molar-refractivity contribution is 5.33. The zero-order valence-corrected chi connectivity index (χ0v) is 15.4. The number of nitrogens with zero attached hydrogens (tertiary/aromatic N) is 4. The zero-order valence-electron chi connectivity index (χ0n) is 15.4. The molecule has 0 radical (unpaired) electrons. The van der Waals surface area contributed by atoms with E-state index in [2.05, 4.69) is 51.4 Å². The van der Waals surface area contributed by atoms with E-state index in [1.165, 1.54) is 31.5 Å². The first-order valence-corrected chi connectivity index (χ1v) is 9.40. The van der Waals surface area contributed by atoms with Crippen molar-refractivity contribution in [2.75, 3.05) is 25.0 Å². The molecule has 1 saturated heterocycles. The van der Waals surface area contributed by atoms with Crippen LogP contribution in [0.1, 0.15) is 37.9 Å². The zero-order chi connectivity index (χ0) is 17.5. The molecule has 25 heavy (non-hydrogen) atoms. The maximum absolute atomic E-state index is 4.43. The van der Waals surface area contributed by atoms with Gasteiger partial charge in [0, 0.05) is 31.5 Å². The van der Waals surface area contributed by atoms with Gasteiger partial charge in [0.05, 0.1) is 5.69 Å². The topological polar surface area (TPSA) is 53.9 Å². The van der Waals surface area contributed by atoms with Crippen molar-refractivity contribution in [3.05, 3.63) is 47.9 Å². The summed E-state index contributed by atoms with van der Waals surface area (Å²) in [5.41, 5.74) is 2.38. The van der Waals surface area contributed by atoms with Gasteiger partial charge in [0.1, 0.15) is 5.82 Å². The Morgan fingerprint density at radius 3 is 2.72 bits per heavy atom. The van der Waals surface area contributed by atoms with Crippen molar-refractivity contribution in [2.24, 2.45) is 5.92 Å². The third-order valence-corrected chi connectivity index (χ3v) is 4.97. The molecule has 1 aliphatic rings. The summed E-state index contributed by atoms with van der Waals surface area (Å²) in [4.78, 5) is 6.62. The van der Waals surface area contributed by atoms with Crippen LogP contribution < -0.4 is 5.32 Å². The predicted molar refractivity (Wildman–Crippen MR) is 102 cm³/mol. The van der Waals surface area contributed by atoms with Crippen LogP contribution in [-0.2, 0) is 12.8 Å². The molecule has 2 aromatic rings. The fourth-order valence-corrected chi connectivity index (χ4v) is 3.48. The van der Waals surface area contributed by atoms with Gasteiger partial charge in [-0.3, -0.25) is 4.98 Å². The molecule has 5 heteroatoms. The van der Waals surface area contributed by atoms with Gasteiger partial charge in [-0.15, -0.1) is 5.10 Å². The fraction of sp³-hybridized carbons (Fsp3) is 0.550. The van der Waals surface area contributed by atoms with E-state index in [0.29, 0.717) is 12.0 Å².